The number of hydrogen-bond donors (Lipinski definition) is 1. The number of carbonyl (C=O) groups is 1. The first-order valence-corrected chi connectivity index (χ1v) is 7.81. The fourth-order valence-corrected chi connectivity index (χ4v) is 4.33. The molecular weight excluding hydrogens is 238 g/mol. The van der Waals surface area contributed by atoms with Gasteiger partial charge >= 0.3 is 5.97 Å². The number of hydrogen-bond acceptors (Lipinski definition) is 2. The molecule has 1 heterocycles. The van der Waals surface area contributed by atoms with E-state index in [2.05, 4.69) is 25.7 Å². The second-order valence-electron chi connectivity index (χ2n) is 7.65. The Bertz CT molecular complexity index is 327. The molecule has 0 aromatic heterocycles. The zero-order valence-corrected chi connectivity index (χ0v) is 12.7. The zero-order chi connectivity index (χ0) is 14.0. The molecule has 110 valence electrons. The van der Waals surface area contributed by atoms with Gasteiger partial charge in [0.2, 0.25) is 0 Å². The van der Waals surface area contributed by atoms with Crippen LogP contribution in [-0.2, 0) is 4.79 Å². The molecule has 3 unspecified atom stereocenters. The van der Waals surface area contributed by atoms with E-state index >= 15 is 0 Å². The summed E-state index contributed by atoms with van der Waals surface area (Å²) in [4.78, 5) is 13.3. The summed E-state index contributed by atoms with van der Waals surface area (Å²) in [6.07, 6.45) is 6.37. The molecule has 19 heavy (non-hydrogen) atoms. The van der Waals surface area contributed by atoms with Crippen molar-refractivity contribution in [3.05, 3.63) is 0 Å². The molecule has 3 atom stereocenters. The van der Waals surface area contributed by atoms with Gasteiger partial charge in [0.05, 0.1) is 0 Å². The predicted octanol–water partition coefficient (Wildman–Crippen LogP) is 3.39. The van der Waals surface area contributed by atoms with E-state index in [1.165, 1.54) is 32.2 Å². The normalized spacial score (nSPS) is 35.4. The summed E-state index contributed by atoms with van der Waals surface area (Å²) < 4.78 is 0. The Morgan fingerprint density at radius 1 is 1.37 bits per heavy atom. The van der Waals surface area contributed by atoms with E-state index < -0.39 is 5.97 Å². The maximum Gasteiger partial charge on any atom is 0.303 e. The molecule has 0 spiro atoms. The van der Waals surface area contributed by atoms with Gasteiger partial charge in [-0.2, -0.15) is 0 Å². The largest absolute Gasteiger partial charge is 0.481 e. The zero-order valence-electron chi connectivity index (χ0n) is 12.7. The Hall–Kier alpha value is -0.570. The molecule has 0 amide bonds. The molecule has 1 saturated carbocycles. The number of carboxylic acid groups (broad SMARTS) is 1. The summed E-state index contributed by atoms with van der Waals surface area (Å²) in [6.45, 7) is 9.48. The third-order valence-electron chi connectivity index (χ3n) is 4.96. The Labute approximate surface area is 117 Å². The Morgan fingerprint density at radius 3 is 2.74 bits per heavy atom. The van der Waals surface area contributed by atoms with E-state index in [0.29, 0.717) is 17.8 Å². The topological polar surface area (TPSA) is 40.5 Å². The van der Waals surface area contributed by atoms with Crippen LogP contribution in [0.25, 0.3) is 0 Å². The fraction of sp³-hybridized carbons (Fsp3) is 0.938. The first kappa shape index (κ1) is 14.8. The SMILES string of the molecule is CC1CC(N2CCC(CCC(=O)O)C2)CC(C)(C)C1. The lowest BCUT2D eigenvalue weighted by molar-refractivity contribution is -0.137. The second-order valence-corrected chi connectivity index (χ2v) is 7.65. The van der Waals surface area contributed by atoms with E-state index in [1.54, 1.807) is 0 Å². The minimum absolute atomic E-state index is 0.338. The molecule has 0 aromatic rings. The average molecular weight is 267 g/mol. The average Bonchev–Trinajstić information content (AvgIpc) is 2.72. The second kappa shape index (κ2) is 5.82. The molecule has 0 radical (unpaired) electrons. The van der Waals surface area contributed by atoms with E-state index in [-0.39, 0.29) is 0 Å². The van der Waals surface area contributed by atoms with Crippen LogP contribution in [0.3, 0.4) is 0 Å². The number of rotatable bonds is 4. The number of aliphatic carboxylic acids is 1. The van der Waals surface area contributed by atoms with E-state index in [0.717, 1.165) is 24.9 Å². The van der Waals surface area contributed by atoms with Gasteiger partial charge in [-0.1, -0.05) is 20.8 Å². The highest BCUT2D eigenvalue weighted by atomic mass is 16.4. The van der Waals surface area contributed by atoms with Crippen molar-refractivity contribution in [3.8, 4) is 0 Å². The maximum absolute atomic E-state index is 10.7. The highest BCUT2D eigenvalue weighted by Gasteiger charge is 2.37. The molecule has 3 heteroatoms. The van der Waals surface area contributed by atoms with Crippen molar-refractivity contribution in [2.75, 3.05) is 13.1 Å². The van der Waals surface area contributed by atoms with Gasteiger partial charge in [-0.3, -0.25) is 4.79 Å². The minimum Gasteiger partial charge on any atom is -0.481 e. The molecule has 0 bridgehead atoms. The van der Waals surface area contributed by atoms with E-state index in [9.17, 15) is 4.79 Å². The van der Waals surface area contributed by atoms with Crippen LogP contribution in [0.2, 0.25) is 0 Å². The van der Waals surface area contributed by atoms with Crippen molar-refractivity contribution >= 4 is 5.97 Å². The first-order valence-electron chi connectivity index (χ1n) is 7.81. The van der Waals surface area contributed by atoms with Gasteiger partial charge in [-0.15, -0.1) is 0 Å². The van der Waals surface area contributed by atoms with Gasteiger partial charge in [0.25, 0.3) is 0 Å². The molecule has 2 aliphatic rings. The van der Waals surface area contributed by atoms with Gasteiger partial charge < -0.3 is 10.0 Å². The van der Waals surface area contributed by atoms with Gasteiger partial charge in [-0.05, 0) is 55.9 Å². The Kier molecular flexibility index (Phi) is 4.54. The summed E-state index contributed by atoms with van der Waals surface area (Å²) in [7, 11) is 0. The number of nitrogens with zero attached hydrogens (tertiary/aromatic N) is 1. The lowest BCUT2D eigenvalue weighted by Gasteiger charge is -2.43. The molecule has 1 aliphatic carbocycles. The lowest BCUT2D eigenvalue weighted by Crippen LogP contribution is -2.42. The Balaban J connectivity index is 1.84. The molecular formula is C16H29NO2. The summed E-state index contributed by atoms with van der Waals surface area (Å²) in [6, 6.07) is 0.730. The first-order chi connectivity index (χ1) is 8.85. The highest BCUT2D eigenvalue weighted by molar-refractivity contribution is 5.66. The lowest BCUT2D eigenvalue weighted by atomic mass is 9.70. The summed E-state index contributed by atoms with van der Waals surface area (Å²) in [5.74, 6) is 0.786. The summed E-state index contributed by atoms with van der Waals surface area (Å²) >= 11 is 0. The molecule has 2 fully saturated rings. The van der Waals surface area contributed by atoms with Crippen molar-refractivity contribution in [2.24, 2.45) is 17.3 Å². The fourth-order valence-electron chi connectivity index (χ4n) is 4.33. The third-order valence-corrected chi connectivity index (χ3v) is 4.96. The number of carboxylic acids is 1. The predicted molar refractivity (Wildman–Crippen MR) is 77.1 cm³/mol. The van der Waals surface area contributed by atoms with Gasteiger partial charge in [-0.25, -0.2) is 0 Å². The third kappa shape index (κ3) is 4.20. The van der Waals surface area contributed by atoms with Crippen LogP contribution in [0.4, 0.5) is 0 Å². The molecule has 3 nitrogen and oxygen atoms in total. The van der Waals surface area contributed by atoms with Crippen LogP contribution >= 0.6 is 0 Å². The summed E-state index contributed by atoms with van der Waals surface area (Å²) in [5, 5.41) is 8.78. The Morgan fingerprint density at radius 2 is 2.11 bits per heavy atom. The highest BCUT2D eigenvalue weighted by Crippen LogP contribution is 2.41. The molecule has 0 aromatic carbocycles. The van der Waals surface area contributed by atoms with E-state index in [4.69, 9.17) is 5.11 Å². The van der Waals surface area contributed by atoms with Crippen LogP contribution in [0.5, 0.6) is 0 Å². The van der Waals surface area contributed by atoms with Gasteiger partial charge in [0.15, 0.2) is 0 Å². The van der Waals surface area contributed by atoms with Gasteiger partial charge in [0.1, 0.15) is 0 Å². The summed E-state index contributed by atoms with van der Waals surface area (Å²) in [5.41, 5.74) is 0.474. The number of likely N-dealkylation sites (tertiary alicyclic amines) is 1. The van der Waals surface area contributed by atoms with Gasteiger partial charge in [0, 0.05) is 19.0 Å². The molecule has 1 aliphatic heterocycles. The van der Waals surface area contributed by atoms with Crippen molar-refractivity contribution in [2.45, 2.75) is 65.3 Å². The molecule has 1 saturated heterocycles. The molecule has 1 N–H and O–H groups in total. The van der Waals surface area contributed by atoms with Crippen molar-refractivity contribution in [1.82, 2.24) is 4.90 Å². The van der Waals surface area contributed by atoms with Crippen LogP contribution in [0.1, 0.15) is 59.3 Å². The van der Waals surface area contributed by atoms with Crippen LogP contribution in [0.15, 0.2) is 0 Å². The van der Waals surface area contributed by atoms with Crippen molar-refractivity contribution in [3.63, 3.8) is 0 Å². The van der Waals surface area contributed by atoms with Crippen LogP contribution < -0.4 is 0 Å². The van der Waals surface area contributed by atoms with Crippen LogP contribution in [-0.4, -0.2) is 35.1 Å². The maximum atomic E-state index is 10.7. The quantitative estimate of drug-likeness (QED) is 0.849. The van der Waals surface area contributed by atoms with E-state index in [1.807, 2.05) is 0 Å². The monoisotopic (exact) mass is 267 g/mol. The van der Waals surface area contributed by atoms with Crippen molar-refractivity contribution in [1.29, 1.82) is 0 Å². The smallest absolute Gasteiger partial charge is 0.303 e. The standard InChI is InChI=1S/C16H29NO2/c1-12-8-14(10-16(2,3)9-12)17-7-6-13(11-17)4-5-15(18)19/h12-14H,4-11H2,1-3H3,(H,18,19). The molecule has 2 rings (SSSR count). The van der Waals surface area contributed by atoms with Crippen molar-refractivity contribution < 1.29 is 9.90 Å². The minimum atomic E-state index is -0.647. The van der Waals surface area contributed by atoms with Crippen LogP contribution in [0, 0.1) is 17.3 Å².